The predicted octanol–water partition coefficient (Wildman–Crippen LogP) is 0.895. The molecule has 0 saturated carbocycles. The fourth-order valence-corrected chi connectivity index (χ4v) is 0.859. The average molecular weight is 198 g/mol. The Morgan fingerprint density at radius 2 is 1.93 bits per heavy atom. The topological polar surface area (TPSA) is 52.6 Å². The van der Waals surface area contributed by atoms with Crippen LogP contribution in [0.2, 0.25) is 0 Å². The molecule has 14 heavy (non-hydrogen) atoms. The second-order valence-corrected chi connectivity index (χ2v) is 3.06. The smallest absolute Gasteiger partial charge is 0.304 e. The van der Waals surface area contributed by atoms with Crippen molar-refractivity contribution in [2.24, 2.45) is 0 Å². The van der Waals surface area contributed by atoms with Gasteiger partial charge in [0.1, 0.15) is 0 Å². The van der Waals surface area contributed by atoms with Crippen LogP contribution in [-0.2, 0) is 19.1 Å². The fraction of sp³-hybridized carbons (Fsp3) is 0.600. The Hall–Kier alpha value is -1.50. The molecule has 0 rings (SSSR count). The van der Waals surface area contributed by atoms with Crippen molar-refractivity contribution in [2.45, 2.75) is 32.8 Å². The number of rotatable bonds is 4. The zero-order valence-electron chi connectivity index (χ0n) is 8.62. The zero-order chi connectivity index (χ0) is 11.2. The van der Waals surface area contributed by atoms with Crippen molar-refractivity contribution in [3.05, 3.63) is 0 Å². The van der Waals surface area contributed by atoms with Gasteiger partial charge in [-0.1, -0.05) is 5.92 Å². The molecule has 0 aliphatic heterocycles. The van der Waals surface area contributed by atoms with Crippen LogP contribution in [0.4, 0.5) is 0 Å². The van der Waals surface area contributed by atoms with Crippen LogP contribution < -0.4 is 0 Å². The van der Waals surface area contributed by atoms with Crippen LogP contribution in [0.25, 0.3) is 0 Å². The van der Waals surface area contributed by atoms with Gasteiger partial charge in [-0.15, -0.1) is 6.42 Å². The minimum absolute atomic E-state index is 0.142. The second-order valence-electron chi connectivity index (χ2n) is 3.06. The van der Waals surface area contributed by atoms with E-state index in [0.29, 0.717) is 6.42 Å². The Labute approximate surface area is 83.6 Å². The first-order chi connectivity index (χ1) is 6.39. The highest BCUT2D eigenvalue weighted by Crippen LogP contribution is 2.14. The second kappa shape index (κ2) is 5.28. The van der Waals surface area contributed by atoms with Gasteiger partial charge >= 0.3 is 11.9 Å². The molecule has 4 nitrogen and oxygen atoms in total. The van der Waals surface area contributed by atoms with Gasteiger partial charge in [0.2, 0.25) is 0 Å². The van der Waals surface area contributed by atoms with Crippen molar-refractivity contribution in [3.8, 4) is 12.3 Å². The van der Waals surface area contributed by atoms with Gasteiger partial charge in [-0.3, -0.25) is 9.59 Å². The molecule has 78 valence electrons. The maximum atomic E-state index is 10.7. The Morgan fingerprint density at radius 1 is 1.36 bits per heavy atom. The van der Waals surface area contributed by atoms with Crippen LogP contribution in [0.1, 0.15) is 27.2 Å². The predicted molar refractivity (Wildman–Crippen MR) is 50.3 cm³/mol. The highest BCUT2D eigenvalue weighted by Gasteiger charge is 2.24. The third-order valence-electron chi connectivity index (χ3n) is 1.56. The van der Waals surface area contributed by atoms with E-state index < -0.39 is 11.6 Å². The Kier molecular flexibility index (Phi) is 4.71. The van der Waals surface area contributed by atoms with E-state index in [0.717, 1.165) is 0 Å². The van der Waals surface area contributed by atoms with Crippen molar-refractivity contribution >= 4 is 11.9 Å². The van der Waals surface area contributed by atoms with E-state index in [1.54, 1.807) is 6.92 Å². The summed E-state index contributed by atoms with van der Waals surface area (Å²) >= 11 is 0. The van der Waals surface area contributed by atoms with E-state index in [2.05, 4.69) is 5.92 Å². The Balaban J connectivity index is 4.07. The van der Waals surface area contributed by atoms with Gasteiger partial charge in [0.25, 0.3) is 0 Å². The lowest BCUT2D eigenvalue weighted by atomic mass is 10.0. The van der Waals surface area contributed by atoms with Gasteiger partial charge in [0, 0.05) is 20.3 Å². The quantitative estimate of drug-likeness (QED) is 0.497. The van der Waals surface area contributed by atoms with Gasteiger partial charge in [-0.2, -0.15) is 0 Å². The average Bonchev–Trinajstić information content (AvgIpc) is 2.02. The molecule has 0 heterocycles. The van der Waals surface area contributed by atoms with Crippen LogP contribution in [0.15, 0.2) is 0 Å². The lowest BCUT2D eigenvalue weighted by Crippen LogP contribution is -2.30. The van der Waals surface area contributed by atoms with Crippen LogP contribution in [0, 0.1) is 12.3 Å². The molecule has 1 unspecified atom stereocenters. The largest absolute Gasteiger partial charge is 0.466 e. The summed E-state index contributed by atoms with van der Waals surface area (Å²) in [6.07, 6.45) is 5.50. The molecule has 0 aromatic rings. The highest BCUT2D eigenvalue weighted by atomic mass is 16.6. The number of ether oxygens (including phenoxy) is 2. The summed E-state index contributed by atoms with van der Waals surface area (Å²) in [7, 11) is 0. The molecular weight excluding hydrogens is 184 g/mol. The van der Waals surface area contributed by atoms with Gasteiger partial charge in [-0.05, 0) is 6.92 Å². The fourth-order valence-electron chi connectivity index (χ4n) is 0.859. The van der Waals surface area contributed by atoms with Crippen LogP contribution in [0.5, 0.6) is 0 Å². The summed E-state index contributed by atoms with van der Waals surface area (Å²) in [6, 6.07) is 0. The summed E-state index contributed by atoms with van der Waals surface area (Å²) in [6.45, 7) is 4.32. The first-order valence-electron chi connectivity index (χ1n) is 4.20. The summed E-state index contributed by atoms with van der Waals surface area (Å²) in [5.41, 5.74) is -0.999. The van der Waals surface area contributed by atoms with Crippen LogP contribution in [-0.4, -0.2) is 24.1 Å². The number of carbonyl (C=O) groups is 2. The lowest BCUT2D eigenvalue weighted by molar-refractivity contribution is -0.152. The Morgan fingerprint density at radius 3 is 2.29 bits per heavy atom. The molecule has 0 saturated heterocycles. The van der Waals surface area contributed by atoms with E-state index in [9.17, 15) is 9.59 Å². The molecular formula is C10H14O4. The van der Waals surface area contributed by atoms with E-state index >= 15 is 0 Å². The highest BCUT2D eigenvalue weighted by molar-refractivity contribution is 5.67. The SMILES string of the molecule is C#CC(C)(CCOC(C)=O)OC(C)=O. The number of carbonyl (C=O) groups excluding carboxylic acids is 2. The van der Waals surface area contributed by atoms with E-state index in [-0.39, 0.29) is 12.6 Å². The van der Waals surface area contributed by atoms with Crippen molar-refractivity contribution in [1.29, 1.82) is 0 Å². The van der Waals surface area contributed by atoms with E-state index in [4.69, 9.17) is 15.9 Å². The van der Waals surface area contributed by atoms with E-state index in [1.165, 1.54) is 13.8 Å². The van der Waals surface area contributed by atoms with Crippen molar-refractivity contribution in [1.82, 2.24) is 0 Å². The summed E-state index contributed by atoms with van der Waals surface area (Å²) in [4.78, 5) is 21.1. The van der Waals surface area contributed by atoms with Gasteiger partial charge in [0.05, 0.1) is 6.61 Å². The number of esters is 2. The van der Waals surface area contributed by atoms with Crippen molar-refractivity contribution < 1.29 is 19.1 Å². The summed E-state index contributed by atoms with van der Waals surface area (Å²) in [5.74, 6) is 1.52. The molecule has 0 aliphatic carbocycles. The maximum Gasteiger partial charge on any atom is 0.304 e. The lowest BCUT2D eigenvalue weighted by Gasteiger charge is -2.22. The Bertz CT molecular complexity index is 264. The van der Waals surface area contributed by atoms with Gasteiger partial charge in [-0.25, -0.2) is 0 Å². The third-order valence-corrected chi connectivity index (χ3v) is 1.56. The molecule has 0 amide bonds. The molecule has 0 bridgehead atoms. The van der Waals surface area contributed by atoms with Gasteiger partial charge < -0.3 is 9.47 Å². The third kappa shape index (κ3) is 5.20. The maximum absolute atomic E-state index is 10.7. The summed E-state index contributed by atoms with van der Waals surface area (Å²) < 4.78 is 9.60. The first kappa shape index (κ1) is 12.5. The first-order valence-corrected chi connectivity index (χ1v) is 4.20. The minimum atomic E-state index is -0.999. The standard InChI is InChI=1S/C10H14O4/c1-5-10(4,14-9(3)12)6-7-13-8(2)11/h1H,6-7H2,2-4H3. The van der Waals surface area contributed by atoms with Gasteiger partial charge in [0.15, 0.2) is 5.60 Å². The molecule has 4 heteroatoms. The number of hydrogen-bond acceptors (Lipinski definition) is 4. The molecule has 1 atom stereocenters. The molecule has 0 aliphatic rings. The van der Waals surface area contributed by atoms with Crippen LogP contribution >= 0.6 is 0 Å². The molecule has 0 aromatic heterocycles. The molecule has 0 fully saturated rings. The van der Waals surface area contributed by atoms with Crippen molar-refractivity contribution in [2.75, 3.05) is 6.61 Å². The van der Waals surface area contributed by atoms with Crippen LogP contribution in [0.3, 0.4) is 0 Å². The number of hydrogen-bond donors (Lipinski definition) is 0. The van der Waals surface area contributed by atoms with Crippen molar-refractivity contribution in [3.63, 3.8) is 0 Å². The van der Waals surface area contributed by atoms with E-state index in [1.807, 2.05) is 0 Å². The monoisotopic (exact) mass is 198 g/mol. The molecule has 0 radical (unpaired) electrons. The zero-order valence-corrected chi connectivity index (χ0v) is 8.62. The normalized spacial score (nSPS) is 13.6. The number of terminal acetylenes is 1. The summed E-state index contributed by atoms with van der Waals surface area (Å²) in [5, 5.41) is 0. The molecule has 0 N–H and O–H groups in total. The minimum Gasteiger partial charge on any atom is -0.466 e. The molecule has 0 spiro atoms. The molecule has 0 aromatic carbocycles.